The van der Waals surface area contributed by atoms with Crippen LogP contribution in [0.2, 0.25) is 0 Å². The van der Waals surface area contributed by atoms with Gasteiger partial charge in [0.25, 0.3) is 5.91 Å². The van der Waals surface area contributed by atoms with Crippen molar-refractivity contribution in [2.75, 3.05) is 11.9 Å². The molecule has 6 nitrogen and oxygen atoms in total. The SMILES string of the molecule is CCCCOc1cccc(CNC(=O)c2ccc(NC(N)=O)cc2)c1. The Balaban J connectivity index is 1.89. The van der Waals surface area contributed by atoms with Gasteiger partial charge in [-0.3, -0.25) is 4.79 Å². The van der Waals surface area contributed by atoms with Crippen molar-refractivity contribution < 1.29 is 14.3 Å². The number of hydrogen-bond acceptors (Lipinski definition) is 3. The number of benzene rings is 2. The Morgan fingerprint density at radius 2 is 1.88 bits per heavy atom. The number of hydrogen-bond donors (Lipinski definition) is 3. The van der Waals surface area contributed by atoms with E-state index < -0.39 is 6.03 Å². The first kappa shape index (κ1) is 18.3. The predicted octanol–water partition coefficient (Wildman–Crippen LogP) is 3.29. The molecular formula is C19H23N3O3. The predicted molar refractivity (Wildman–Crippen MR) is 97.7 cm³/mol. The van der Waals surface area contributed by atoms with Crippen LogP contribution in [0.3, 0.4) is 0 Å². The average Bonchev–Trinajstić information content (AvgIpc) is 2.60. The molecule has 0 aliphatic carbocycles. The van der Waals surface area contributed by atoms with Crippen molar-refractivity contribution in [1.82, 2.24) is 5.32 Å². The van der Waals surface area contributed by atoms with Crippen LogP contribution >= 0.6 is 0 Å². The molecule has 0 fully saturated rings. The lowest BCUT2D eigenvalue weighted by molar-refractivity contribution is 0.0951. The number of carbonyl (C=O) groups excluding carboxylic acids is 2. The Bertz CT molecular complexity index is 714. The van der Waals surface area contributed by atoms with Gasteiger partial charge in [-0.05, 0) is 48.4 Å². The van der Waals surface area contributed by atoms with E-state index in [1.807, 2.05) is 24.3 Å². The number of nitrogens with two attached hydrogens (primary N) is 1. The molecule has 0 bridgehead atoms. The number of unbranched alkanes of at least 4 members (excludes halogenated alkanes) is 1. The van der Waals surface area contributed by atoms with E-state index in [1.165, 1.54) is 0 Å². The van der Waals surface area contributed by atoms with Crippen molar-refractivity contribution in [2.45, 2.75) is 26.3 Å². The maximum Gasteiger partial charge on any atom is 0.316 e. The maximum atomic E-state index is 12.2. The first-order valence-corrected chi connectivity index (χ1v) is 8.25. The van der Waals surface area contributed by atoms with Crippen molar-refractivity contribution in [2.24, 2.45) is 5.73 Å². The van der Waals surface area contributed by atoms with Gasteiger partial charge in [0.15, 0.2) is 0 Å². The summed E-state index contributed by atoms with van der Waals surface area (Å²) in [5, 5.41) is 5.31. The molecule has 0 aliphatic rings. The third-order valence-electron chi connectivity index (χ3n) is 3.53. The summed E-state index contributed by atoms with van der Waals surface area (Å²) in [5.41, 5.74) is 7.06. The summed E-state index contributed by atoms with van der Waals surface area (Å²) in [6.07, 6.45) is 2.10. The largest absolute Gasteiger partial charge is 0.494 e. The van der Waals surface area contributed by atoms with E-state index in [-0.39, 0.29) is 5.91 Å². The third-order valence-corrected chi connectivity index (χ3v) is 3.53. The van der Waals surface area contributed by atoms with Crippen LogP contribution in [-0.4, -0.2) is 18.5 Å². The highest BCUT2D eigenvalue weighted by Crippen LogP contribution is 2.14. The zero-order valence-electron chi connectivity index (χ0n) is 14.2. The number of nitrogens with one attached hydrogen (secondary N) is 2. The van der Waals surface area contributed by atoms with Crippen molar-refractivity contribution in [3.05, 3.63) is 59.7 Å². The van der Waals surface area contributed by atoms with Gasteiger partial charge >= 0.3 is 6.03 Å². The number of anilines is 1. The van der Waals surface area contributed by atoms with Crippen LogP contribution < -0.4 is 21.1 Å². The van der Waals surface area contributed by atoms with Crippen LogP contribution in [0.15, 0.2) is 48.5 Å². The number of carbonyl (C=O) groups is 2. The van der Waals surface area contributed by atoms with Gasteiger partial charge in [-0.25, -0.2) is 4.79 Å². The molecule has 4 N–H and O–H groups in total. The molecule has 0 unspecified atom stereocenters. The second-order valence-corrected chi connectivity index (χ2v) is 5.60. The summed E-state index contributed by atoms with van der Waals surface area (Å²) < 4.78 is 5.67. The van der Waals surface area contributed by atoms with Crippen LogP contribution in [0.5, 0.6) is 5.75 Å². The van der Waals surface area contributed by atoms with Gasteiger partial charge in [-0.2, -0.15) is 0 Å². The highest BCUT2D eigenvalue weighted by molar-refractivity contribution is 5.95. The van der Waals surface area contributed by atoms with Gasteiger partial charge < -0.3 is 21.1 Å². The zero-order valence-corrected chi connectivity index (χ0v) is 14.2. The normalized spacial score (nSPS) is 10.1. The summed E-state index contributed by atoms with van der Waals surface area (Å²) >= 11 is 0. The van der Waals surface area contributed by atoms with Gasteiger partial charge in [0.05, 0.1) is 6.61 Å². The molecule has 0 saturated heterocycles. The Morgan fingerprint density at radius 3 is 2.56 bits per heavy atom. The van der Waals surface area contributed by atoms with E-state index in [0.717, 1.165) is 24.2 Å². The molecule has 0 aliphatic heterocycles. The minimum Gasteiger partial charge on any atom is -0.494 e. The highest BCUT2D eigenvalue weighted by atomic mass is 16.5. The van der Waals surface area contributed by atoms with Gasteiger partial charge in [0.1, 0.15) is 5.75 Å². The molecule has 3 amide bonds. The quantitative estimate of drug-likeness (QED) is 0.643. The molecule has 132 valence electrons. The molecule has 0 saturated carbocycles. The summed E-state index contributed by atoms with van der Waals surface area (Å²) in [6.45, 7) is 3.22. The van der Waals surface area contributed by atoms with Gasteiger partial charge in [-0.1, -0.05) is 25.5 Å². The lowest BCUT2D eigenvalue weighted by Crippen LogP contribution is -2.23. The number of primary amides is 1. The Hall–Kier alpha value is -3.02. The van der Waals surface area contributed by atoms with E-state index in [9.17, 15) is 9.59 Å². The third kappa shape index (κ3) is 6.18. The Morgan fingerprint density at radius 1 is 1.12 bits per heavy atom. The zero-order chi connectivity index (χ0) is 18.1. The second kappa shape index (κ2) is 9.32. The lowest BCUT2D eigenvalue weighted by atomic mass is 10.1. The van der Waals surface area contributed by atoms with Crippen molar-refractivity contribution in [3.63, 3.8) is 0 Å². The monoisotopic (exact) mass is 341 g/mol. The van der Waals surface area contributed by atoms with Crippen LogP contribution in [-0.2, 0) is 6.54 Å². The molecule has 0 atom stereocenters. The van der Waals surface area contributed by atoms with Gasteiger partial charge in [0, 0.05) is 17.8 Å². The fourth-order valence-corrected chi connectivity index (χ4v) is 2.21. The fourth-order valence-electron chi connectivity index (χ4n) is 2.21. The van der Waals surface area contributed by atoms with E-state index >= 15 is 0 Å². The molecule has 0 radical (unpaired) electrons. The van der Waals surface area contributed by atoms with Crippen LogP contribution in [0.4, 0.5) is 10.5 Å². The molecule has 25 heavy (non-hydrogen) atoms. The average molecular weight is 341 g/mol. The van der Waals surface area contributed by atoms with Crippen LogP contribution in [0.25, 0.3) is 0 Å². The highest BCUT2D eigenvalue weighted by Gasteiger charge is 2.06. The van der Waals surface area contributed by atoms with Gasteiger partial charge in [-0.15, -0.1) is 0 Å². The second-order valence-electron chi connectivity index (χ2n) is 5.60. The lowest BCUT2D eigenvalue weighted by Gasteiger charge is -2.09. The molecule has 6 heteroatoms. The number of urea groups is 1. The standard InChI is InChI=1S/C19H23N3O3/c1-2-3-11-25-17-6-4-5-14(12-17)13-21-18(23)15-7-9-16(10-8-15)22-19(20)24/h4-10,12H,2-3,11,13H2,1H3,(H,21,23)(H3,20,22,24). The van der Waals surface area contributed by atoms with Crippen molar-refractivity contribution in [1.29, 1.82) is 0 Å². The van der Waals surface area contributed by atoms with Gasteiger partial charge in [0.2, 0.25) is 0 Å². The Labute approximate surface area is 147 Å². The minimum atomic E-state index is -0.641. The smallest absolute Gasteiger partial charge is 0.316 e. The van der Waals surface area contributed by atoms with E-state index in [4.69, 9.17) is 10.5 Å². The minimum absolute atomic E-state index is 0.192. The Kier molecular flexibility index (Phi) is 6.83. The summed E-state index contributed by atoms with van der Waals surface area (Å²) in [5.74, 6) is 0.616. The number of rotatable bonds is 8. The van der Waals surface area contributed by atoms with E-state index in [1.54, 1.807) is 24.3 Å². The molecule has 2 aromatic rings. The fraction of sp³-hybridized carbons (Fsp3) is 0.263. The van der Waals surface area contributed by atoms with Crippen molar-refractivity contribution in [3.8, 4) is 5.75 Å². The number of amides is 3. The van der Waals surface area contributed by atoms with Crippen molar-refractivity contribution >= 4 is 17.6 Å². The molecular weight excluding hydrogens is 318 g/mol. The topological polar surface area (TPSA) is 93.4 Å². The first-order valence-electron chi connectivity index (χ1n) is 8.25. The van der Waals surface area contributed by atoms with Crippen LogP contribution in [0.1, 0.15) is 35.7 Å². The number of ether oxygens (including phenoxy) is 1. The summed E-state index contributed by atoms with van der Waals surface area (Å²) in [6, 6.07) is 13.6. The van der Waals surface area contributed by atoms with E-state index in [0.29, 0.717) is 24.4 Å². The molecule has 2 aromatic carbocycles. The summed E-state index contributed by atoms with van der Waals surface area (Å²) in [7, 11) is 0. The summed E-state index contributed by atoms with van der Waals surface area (Å²) in [4.78, 5) is 23.0. The maximum absolute atomic E-state index is 12.2. The molecule has 0 aromatic heterocycles. The molecule has 0 heterocycles. The first-order chi connectivity index (χ1) is 12.1. The molecule has 2 rings (SSSR count). The van der Waals surface area contributed by atoms with E-state index in [2.05, 4.69) is 17.6 Å². The van der Waals surface area contributed by atoms with Crippen LogP contribution in [0, 0.1) is 0 Å². The molecule has 0 spiro atoms.